The molecular weight excluding hydrogens is 372 g/mol. The van der Waals surface area contributed by atoms with Gasteiger partial charge in [0.15, 0.2) is 0 Å². The van der Waals surface area contributed by atoms with Crippen LogP contribution in [0.1, 0.15) is 31.9 Å². The molecular formula is C18H21BrN2O3. The molecule has 24 heavy (non-hydrogen) atoms. The third-order valence-electron chi connectivity index (χ3n) is 2.96. The zero-order valence-corrected chi connectivity index (χ0v) is 15.6. The van der Waals surface area contributed by atoms with Crippen LogP contribution in [0, 0.1) is 0 Å². The van der Waals surface area contributed by atoms with E-state index in [1.165, 1.54) is 0 Å². The normalized spacial score (nSPS) is 11.0. The molecule has 2 rings (SSSR count). The van der Waals surface area contributed by atoms with Crippen molar-refractivity contribution >= 4 is 22.0 Å². The van der Waals surface area contributed by atoms with E-state index in [9.17, 15) is 4.79 Å². The van der Waals surface area contributed by atoms with E-state index in [1.54, 1.807) is 12.4 Å². The van der Waals surface area contributed by atoms with E-state index in [1.807, 2.05) is 51.1 Å². The number of carbonyl (C=O) groups is 1. The summed E-state index contributed by atoms with van der Waals surface area (Å²) >= 11 is 3.44. The highest BCUT2D eigenvalue weighted by atomic mass is 79.9. The number of pyridine rings is 1. The Balaban J connectivity index is 2.00. The molecule has 0 atom stereocenters. The Morgan fingerprint density at radius 1 is 1.29 bits per heavy atom. The Bertz CT molecular complexity index is 684. The zero-order chi connectivity index (χ0) is 17.6. The molecule has 0 fully saturated rings. The highest BCUT2D eigenvalue weighted by molar-refractivity contribution is 9.10. The Hall–Kier alpha value is -2.08. The number of ether oxygens (including phenoxy) is 2. The minimum absolute atomic E-state index is 0.316. The van der Waals surface area contributed by atoms with E-state index < -0.39 is 11.7 Å². The Morgan fingerprint density at radius 3 is 2.75 bits per heavy atom. The van der Waals surface area contributed by atoms with Crippen molar-refractivity contribution in [2.75, 3.05) is 0 Å². The van der Waals surface area contributed by atoms with Gasteiger partial charge < -0.3 is 14.8 Å². The van der Waals surface area contributed by atoms with Crippen LogP contribution in [0.15, 0.2) is 47.2 Å². The van der Waals surface area contributed by atoms with E-state index >= 15 is 0 Å². The lowest BCUT2D eigenvalue weighted by atomic mass is 10.2. The first kappa shape index (κ1) is 18.3. The first-order valence-corrected chi connectivity index (χ1v) is 8.40. The fourth-order valence-electron chi connectivity index (χ4n) is 1.95. The fourth-order valence-corrected chi connectivity index (χ4v) is 2.36. The molecule has 128 valence electrons. The molecule has 1 heterocycles. The van der Waals surface area contributed by atoms with Crippen molar-refractivity contribution in [3.63, 3.8) is 0 Å². The zero-order valence-electron chi connectivity index (χ0n) is 14.0. The van der Waals surface area contributed by atoms with Crippen molar-refractivity contribution in [3.05, 3.63) is 58.3 Å². The quantitative estimate of drug-likeness (QED) is 0.816. The summed E-state index contributed by atoms with van der Waals surface area (Å²) in [5.41, 5.74) is 1.31. The summed E-state index contributed by atoms with van der Waals surface area (Å²) in [4.78, 5) is 15.9. The monoisotopic (exact) mass is 392 g/mol. The summed E-state index contributed by atoms with van der Waals surface area (Å²) in [6.45, 7) is 6.21. The number of benzene rings is 1. The molecule has 5 nitrogen and oxygen atoms in total. The second-order valence-electron chi connectivity index (χ2n) is 6.26. The Labute approximate surface area is 150 Å². The molecule has 0 radical (unpaired) electrons. The smallest absolute Gasteiger partial charge is 0.407 e. The Morgan fingerprint density at radius 2 is 2.08 bits per heavy atom. The van der Waals surface area contributed by atoms with Crippen LogP contribution in [0.5, 0.6) is 5.75 Å². The van der Waals surface area contributed by atoms with Gasteiger partial charge in [-0.05, 0) is 45.0 Å². The maximum absolute atomic E-state index is 11.8. The van der Waals surface area contributed by atoms with Crippen LogP contribution < -0.4 is 10.1 Å². The number of hydrogen-bond donors (Lipinski definition) is 1. The molecule has 0 spiro atoms. The average molecular weight is 393 g/mol. The third kappa shape index (κ3) is 6.20. The summed E-state index contributed by atoms with van der Waals surface area (Å²) in [5.74, 6) is 0.707. The van der Waals surface area contributed by atoms with Crippen LogP contribution in [-0.4, -0.2) is 16.7 Å². The van der Waals surface area contributed by atoms with Crippen molar-refractivity contribution in [2.45, 2.75) is 39.5 Å². The molecule has 0 bridgehead atoms. The van der Waals surface area contributed by atoms with E-state index in [0.29, 0.717) is 18.9 Å². The van der Waals surface area contributed by atoms with Gasteiger partial charge >= 0.3 is 6.09 Å². The first-order valence-electron chi connectivity index (χ1n) is 7.60. The molecule has 0 aliphatic heterocycles. The second kappa shape index (κ2) is 8.15. The van der Waals surface area contributed by atoms with Gasteiger partial charge in [0, 0.05) is 34.5 Å². The van der Waals surface area contributed by atoms with Crippen LogP contribution in [0.25, 0.3) is 0 Å². The van der Waals surface area contributed by atoms with Gasteiger partial charge in [-0.15, -0.1) is 0 Å². The van der Waals surface area contributed by atoms with Crippen molar-refractivity contribution in [1.29, 1.82) is 0 Å². The number of alkyl carbamates (subject to hydrolysis) is 1. The fraction of sp³-hybridized carbons (Fsp3) is 0.333. The predicted molar refractivity (Wildman–Crippen MR) is 95.8 cm³/mol. The summed E-state index contributed by atoms with van der Waals surface area (Å²) in [6.07, 6.45) is 3.03. The lowest BCUT2D eigenvalue weighted by molar-refractivity contribution is 0.0523. The number of carbonyl (C=O) groups excluding carboxylic acids is 1. The number of halogens is 1. The molecule has 0 unspecified atom stereocenters. The van der Waals surface area contributed by atoms with Crippen molar-refractivity contribution < 1.29 is 14.3 Å². The van der Waals surface area contributed by atoms with Gasteiger partial charge in [0.1, 0.15) is 18.0 Å². The number of hydrogen-bond acceptors (Lipinski definition) is 4. The maximum Gasteiger partial charge on any atom is 0.407 e. The van der Waals surface area contributed by atoms with Gasteiger partial charge in [0.05, 0.1) is 0 Å². The van der Waals surface area contributed by atoms with Crippen LogP contribution in [0.2, 0.25) is 0 Å². The predicted octanol–water partition coefficient (Wildman–Crippen LogP) is 4.45. The standard InChI is InChI=1S/C18H21BrN2O3/c1-18(2,3)24-17(22)21-11-14-9-15(19)6-7-16(14)23-12-13-5-4-8-20-10-13/h4-10H,11-12H2,1-3H3,(H,21,22). The van der Waals surface area contributed by atoms with E-state index in [4.69, 9.17) is 9.47 Å². The van der Waals surface area contributed by atoms with Gasteiger partial charge in [-0.2, -0.15) is 0 Å². The number of aromatic nitrogens is 1. The number of amides is 1. The average Bonchev–Trinajstić information content (AvgIpc) is 2.51. The van der Waals surface area contributed by atoms with Crippen LogP contribution in [0.4, 0.5) is 4.79 Å². The molecule has 0 saturated carbocycles. The lowest BCUT2D eigenvalue weighted by Gasteiger charge is -2.20. The van der Waals surface area contributed by atoms with E-state index in [-0.39, 0.29) is 0 Å². The molecule has 0 aliphatic rings. The SMILES string of the molecule is CC(C)(C)OC(=O)NCc1cc(Br)ccc1OCc1cccnc1. The summed E-state index contributed by atoms with van der Waals surface area (Å²) in [6, 6.07) is 9.49. The van der Waals surface area contributed by atoms with Crippen molar-refractivity contribution in [1.82, 2.24) is 10.3 Å². The van der Waals surface area contributed by atoms with E-state index in [0.717, 1.165) is 15.6 Å². The van der Waals surface area contributed by atoms with E-state index in [2.05, 4.69) is 26.2 Å². The molecule has 1 N–H and O–H groups in total. The van der Waals surface area contributed by atoms with Gasteiger partial charge in [0.25, 0.3) is 0 Å². The number of rotatable bonds is 5. The van der Waals surface area contributed by atoms with Gasteiger partial charge in [-0.3, -0.25) is 4.98 Å². The van der Waals surface area contributed by atoms with Crippen molar-refractivity contribution in [3.8, 4) is 5.75 Å². The minimum Gasteiger partial charge on any atom is -0.488 e. The van der Waals surface area contributed by atoms with Gasteiger partial charge in [-0.25, -0.2) is 4.79 Å². The summed E-state index contributed by atoms with van der Waals surface area (Å²) < 4.78 is 12.0. The molecule has 0 saturated heterocycles. The topological polar surface area (TPSA) is 60.5 Å². The largest absolute Gasteiger partial charge is 0.488 e. The maximum atomic E-state index is 11.8. The van der Waals surface area contributed by atoms with Crippen LogP contribution in [-0.2, 0) is 17.9 Å². The third-order valence-corrected chi connectivity index (χ3v) is 3.45. The van der Waals surface area contributed by atoms with Crippen LogP contribution >= 0.6 is 15.9 Å². The van der Waals surface area contributed by atoms with Gasteiger partial charge in [0.2, 0.25) is 0 Å². The highest BCUT2D eigenvalue weighted by Crippen LogP contribution is 2.24. The number of nitrogens with zero attached hydrogens (tertiary/aromatic N) is 1. The number of nitrogens with one attached hydrogen (secondary N) is 1. The molecule has 1 amide bonds. The first-order chi connectivity index (χ1) is 11.3. The molecule has 1 aromatic heterocycles. The summed E-state index contributed by atoms with van der Waals surface area (Å²) in [7, 11) is 0. The second-order valence-corrected chi connectivity index (χ2v) is 7.17. The lowest BCUT2D eigenvalue weighted by Crippen LogP contribution is -2.32. The van der Waals surface area contributed by atoms with Crippen molar-refractivity contribution in [2.24, 2.45) is 0 Å². The molecule has 0 aliphatic carbocycles. The van der Waals surface area contributed by atoms with Crippen LogP contribution in [0.3, 0.4) is 0 Å². The Kier molecular flexibility index (Phi) is 6.20. The molecule has 6 heteroatoms. The highest BCUT2D eigenvalue weighted by Gasteiger charge is 2.16. The molecule has 2 aromatic rings. The van der Waals surface area contributed by atoms with Gasteiger partial charge in [-0.1, -0.05) is 22.0 Å². The minimum atomic E-state index is -0.527. The molecule has 1 aromatic carbocycles. The summed E-state index contributed by atoms with van der Waals surface area (Å²) in [5, 5.41) is 2.75.